The van der Waals surface area contributed by atoms with Crippen LogP contribution in [0.1, 0.15) is 18.9 Å². The lowest BCUT2D eigenvalue weighted by atomic mass is 10.2. The fourth-order valence-corrected chi connectivity index (χ4v) is 4.11. The summed E-state index contributed by atoms with van der Waals surface area (Å²) in [4.78, 5) is 10.7. The molecule has 0 heterocycles. The zero-order valence-electron chi connectivity index (χ0n) is 16.2. The van der Waals surface area contributed by atoms with Crippen molar-refractivity contribution in [2.45, 2.75) is 25.3 Å². The number of benzene rings is 2. The van der Waals surface area contributed by atoms with Crippen molar-refractivity contribution in [2.24, 2.45) is 0 Å². The number of alkyl halides is 3. The molecule has 0 aliphatic carbocycles. The van der Waals surface area contributed by atoms with Gasteiger partial charge in [0.05, 0.1) is 15.5 Å². The molecule has 0 saturated carbocycles. The molecule has 2 aromatic rings. The van der Waals surface area contributed by atoms with E-state index in [4.69, 9.17) is 20.9 Å². The van der Waals surface area contributed by atoms with Crippen molar-refractivity contribution in [3.05, 3.63) is 57.1 Å². The summed E-state index contributed by atoms with van der Waals surface area (Å²) in [6.45, 7) is 3.14. The van der Waals surface area contributed by atoms with Gasteiger partial charge in [0.1, 0.15) is 23.0 Å². The van der Waals surface area contributed by atoms with Crippen molar-refractivity contribution in [1.82, 2.24) is 0 Å². The van der Waals surface area contributed by atoms with E-state index >= 15 is 0 Å². The van der Waals surface area contributed by atoms with Crippen molar-refractivity contribution < 1.29 is 31.9 Å². The highest BCUT2D eigenvalue weighted by Gasteiger charge is 2.31. The van der Waals surface area contributed by atoms with Gasteiger partial charge in [0.25, 0.3) is 5.69 Å². The summed E-state index contributed by atoms with van der Waals surface area (Å²) in [5.74, 6) is -0.677. The van der Waals surface area contributed by atoms with Gasteiger partial charge in [-0.05, 0) is 30.7 Å². The van der Waals surface area contributed by atoms with E-state index in [9.17, 15) is 27.9 Å². The predicted octanol–water partition coefficient (Wildman–Crippen LogP) is 6.76. The quantitative estimate of drug-likeness (QED) is 0.262. The minimum Gasteiger partial charge on any atom is -0.456 e. The fraction of sp³-hybridized carbons (Fsp3) is 0.333. The number of hydrogen-bond donors (Lipinski definition) is 1. The van der Waals surface area contributed by atoms with Crippen LogP contribution in [0.3, 0.4) is 0 Å². The van der Waals surface area contributed by atoms with E-state index in [1.54, 1.807) is 6.92 Å². The minimum atomic E-state index is -4.56. The summed E-state index contributed by atoms with van der Waals surface area (Å²) in [7, 11) is -1.83. The van der Waals surface area contributed by atoms with Crippen LogP contribution in [-0.4, -0.2) is 24.5 Å². The summed E-state index contributed by atoms with van der Waals surface area (Å²) in [5, 5.41) is 13.9. The van der Waals surface area contributed by atoms with E-state index in [1.807, 2.05) is 0 Å². The molecule has 0 amide bonds. The zero-order chi connectivity index (χ0) is 22.7. The molecule has 0 bridgehead atoms. The third-order valence-electron chi connectivity index (χ3n) is 4.29. The summed E-state index contributed by atoms with van der Waals surface area (Å²) in [6, 6.07) is 6.31. The van der Waals surface area contributed by atoms with Gasteiger partial charge in [0.15, 0.2) is 0 Å². The molecule has 0 radical (unpaired) electrons. The maximum Gasteiger partial charge on any atom is 0.416 e. The molecular formula is C18H19ClF3N2O5P. The van der Waals surface area contributed by atoms with Gasteiger partial charge < -0.3 is 14.6 Å². The van der Waals surface area contributed by atoms with Crippen molar-refractivity contribution in [2.75, 3.05) is 19.1 Å². The molecule has 164 valence electrons. The Morgan fingerprint density at radius 3 is 2.43 bits per heavy atom. The number of hydrogen-bond acceptors (Lipinski definition) is 6. The third kappa shape index (κ3) is 5.65. The number of nitrogens with zero attached hydrogens (tertiary/aromatic N) is 1. The molecular weight excluding hydrogens is 448 g/mol. The fourth-order valence-electron chi connectivity index (χ4n) is 2.60. The van der Waals surface area contributed by atoms with Crippen LogP contribution < -0.4 is 10.1 Å². The van der Waals surface area contributed by atoms with Crippen LogP contribution in [-0.2, 0) is 15.3 Å². The molecule has 0 aromatic heterocycles. The van der Waals surface area contributed by atoms with E-state index in [2.05, 4.69) is 5.32 Å². The van der Waals surface area contributed by atoms with Crippen molar-refractivity contribution in [3.63, 3.8) is 0 Å². The molecule has 0 aliphatic rings. The van der Waals surface area contributed by atoms with E-state index in [0.717, 1.165) is 24.3 Å². The zero-order valence-corrected chi connectivity index (χ0v) is 17.8. The molecule has 0 saturated heterocycles. The molecule has 2 aromatic carbocycles. The first-order valence-corrected chi connectivity index (χ1v) is 11.1. The summed E-state index contributed by atoms with van der Waals surface area (Å²) in [6.07, 6.45) is -4.20. The highest BCUT2D eigenvalue weighted by Crippen LogP contribution is 2.49. The highest BCUT2D eigenvalue weighted by molar-refractivity contribution is 7.59. The van der Waals surface area contributed by atoms with Gasteiger partial charge in [0.2, 0.25) is 7.37 Å². The van der Waals surface area contributed by atoms with Crippen LogP contribution in [0.25, 0.3) is 0 Å². The van der Waals surface area contributed by atoms with Gasteiger partial charge >= 0.3 is 6.18 Å². The number of nitrogens with one attached hydrogen (secondary N) is 1. The Morgan fingerprint density at radius 2 is 1.93 bits per heavy atom. The van der Waals surface area contributed by atoms with Gasteiger partial charge in [-0.1, -0.05) is 18.5 Å². The maximum absolute atomic E-state index is 12.8. The van der Waals surface area contributed by atoms with Crippen LogP contribution in [0.5, 0.6) is 11.5 Å². The van der Waals surface area contributed by atoms with E-state index in [-0.39, 0.29) is 27.9 Å². The average Bonchev–Trinajstić information content (AvgIpc) is 2.66. The van der Waals surface area contributed by atoms with Gasteiger partial charge in [0, 0.05) is 25.9 Å². The normalized spacial score (nSPS) is 14.6. The predicted molar refractivity (Wildman–Crippen MR) is 108 cm³/mol. The van der Waals surface area contributed by atoms with Crippen molar-refractivity contribution in [1.29, 1.82) is 0 Å². The minimum absolute atomic E-state index is 0.0199. The van der Waals surface area contributed by atoms with Crippen LogP contribution in [0.4, 0.5) is 24.5 Å². The molecule has 12 heteroatoms. The summed E-state index contributed by atoms with van der Waals surface area (Å²) in [5.41, 5.74) is -1.21. The van der Waals surface area contributed by atoms with Gasteiger partial charge in [-0.25, -0.2) is 0 Å². The Kier molecular flexibility index (Phi) is 7.39. The second-order valence-electron chi connectivity index (χ2n) is 6.34. The molecule has 7 nitrogen and oxygen atoms in total. The SMILES string of the molecule is CCC(Nc1cc(Oc2ccc(C(F)(F)F)cc2Cl)ccc1[N+](=O)[O-])P(C)(=O)OC. The molecule has 0 fully saturated rings. The van der Waals surface area contributed by atoms with E-state index < -0.39 is 29.8 Å². The maximum atomic E-state index is 12.8. The molecule has 30 heavy (non-hydrogen) atoms. The molecule has 2 unspecified atom stereocenters. The topological polar surface area (TPSA) is 90.7 Å². The second-order valence-corrected chi connectivity index (χ2v) is 9.55. The number of rotatable bonds is 8. The standard InChI is InChI=1S/C18H19ClF3N2O5P/c1-4-17(30(3,27)28-2)23-14-10-12(6-7-15(14)24(25)26)29-16-8-5-11(9-13(16)19)18(20,21)22/h5-10,17,23H,4H2,1-3H3. The molecule has 0 spiro atoms. The van der Waals surface area contributed by atoms with Gasteiger partial charge in [-0.3, -0.25) is 14.7 Å². The Hall–Kier alpha value is -2.29. The van der Waals surface area contributed by atoms with E-state index in [1.165, 1.54) is 25.9 Å². The monoisotopic (exact) mass is 466 g/mol. The Bertz CT molecular complexity index is 987. The van der Waals surface area contributed by atoms with Crippen LogP contribution in [0, 0.1) is 10.1 Å². The molecule has 1 N–H and O–H groups in total. The average molecular weight is 467 g/mol. The van der Waals surface area contributed by atoms with Crippen LogP contribution in [0.15, 0.2) is 36.4 Å². The second kappa shape index (κ2) is 9.24. The first-order valence-electron chi connectivity index (χ1n) is 8.61. The van der Waals surface area contributed by atoms with Crippen LogP contribution >= 0.6 is 19.0 Å². The number of halogens is 4. The van der Waals surface area contributed by atoms with Crippen LogP contribution in [0.2, 0.25) is 5.02 Å². The molecule has 2 rings (SSSR count). The first-order chi connectivity index (χ1) is 13.9. The lowest BCUT2D eigenvalue weighted by Gasteiger charge is -2.24. The Morgan fingerprint density at radius 1 is 1.27 bits per heavy atom. The lowest BCUT2D eigenvalue weighted by Crippen LogP contribution is -2.20. The number of nitro groups is 1. The number of nitro benzene ring substituents is 1. The summed E-state index contributed by atoms with van der Waals surface area (Å²) >= 11 is 5.89. The summed E-state index contributed by atoms with van der Waals surface area (Å²) < 4.78 is 61.4. The van der Waals surface area contributed by atoms with Crippen molar-refractivity contribution in [3.8, 4) is 11.5 Å². The Labute approximate surface area is 175 Å². The smallest absolute Gasteiger partial charge is 0.416 e. The molecule has 0 aliphatic heterocycles. The lowest BCUT2D eigenvalue weighted by molar-refractivity contribution is -0.384. The largest absolute Gasteiger partial charge is 0.456 e. The van der Waals surface area contributed by atoms with E-state index in [0.29, 0.717) is 6.42 Å². The highest BCUT2D eigenvalue weighted by atomic mass is 35.5. The first kappa shape index (κ1) is 24.0. The molecule has 2 atom stereocenters. The third-order valence-corrected chi connectivity index (χ3v) is 6.94. The Balaban J connectivity index is 2.38. The van der Waals surface area contributed by atoms with Gasteiger partial charge in [-0.2, -0.15) is 13.2 Å². The number of ether oxygens (including phenoxy) is 1. The van der Waals surface area contributed by atoms with Gasteiger partial charge in [-0.15, -0.1) is 0 Å². The number of anilines is 1. The van der Waals surface area contributed by atoms with Crippen molar-refractivity contribution >= 4 is 30.3 Å².